The maximum absolute atomic E-state index is 14.7. The van der Waals surface area contributed by atoms with E-state index in [2.05, 4.69) is 25.9 Å². The molecular weight excluding hydrogens is 410 g/mol. The number of carbonyl (C=O) groups is 2. The summed E-state index contributed by atoms with van der Waals surface area (Å²) in [7, 11) is 0. The summed E-state index contributed by atoms with van der Waals surface area (Å²) < 4.78 is 28.5. The number of rotatable bonds is 9. The Labute approximate surface area is 178 Å². The molecule has 2 rings (SSSR count). The summed E-state index contributed by atoms with van der Waals surface area (Å²) in [6.45, 7) is 7.01. The number of aryl methyl sites for hydroxylation is 1. The van der Waals surface area contributed by atoms with Crippen LogP contribution in [-0.4, -0.2) is 39.2 Å². The molecule has 0 aliphatic carbocycles. The van der Waals surface area contributed by atoms with Gasteiger partial charge < -0.3 is 26.8 Å². The van der Waals surface area contributed by atoms with Gasteiger partial charge in [-0.25, -0.2) is 18.6 Å². The van der Waals surface area contributed by atoms with E-state index in [-0.39, 0.29) is 34.5 Å². The molecule has 0 unspecified atom stereocenters. The molecular formula is C20H26F2N6O3. The normalized spacial score (nSPS) is 12.9. The number of pyridine rings is 2. The first-order valence-electron chi connectivity index (χ1n) is 9.63. The minimum atomic E-state index is -1.21. The van der Waals surface area contributed by atoms with Crippen LogP contribution in [0.1, 0.15) is 43.2 Å². The number of amides is 2. The van der Waals surface area contributed by atoms with Crippen LogP contribution in [0.15, 0.2) is 18.3 Å². The van der Waals surface area contributed by atoms with E-state index in [4.69, 9.17) is 10.8 Å². The Hall–Kier alpha value is -3.50. The second-order valence-electron chi connectivity index (χ2n) is 7.61. The number of halogens is 2. The van der Waals surface area contributed by atoms with E-state index in [9.17, 15) is 18.4 Å². The molecule has 0 aromatic carbocycles. The number of nitrogens with one attached hydrogen (secondary N) is 3. The number of anilines is 3. The zero-order valence-corrected chi connectivity index (χ0v) is 17.7. The summed E-state index contributed by atoms with van der Waals surface area (Å²) in [6, 6.07) is 1.01. The monoisotopic (exact) mass is 436 g/mol. The van der Waals surface area contributed by atoms with Crippen molar-refractivity contribution >= 4 is 29.3 Å². The highest BCUT2D eigenvalue weighted by atomic mass is 19.1. The van der Waals surface area contributed by atoms with Crippen LogP contribution in [0.25, 0.3) is 0 Å². The number of carbonyl (C=O) groups excluding carboxylic acids is 1. The lowest BCUT2D eigenvalue weighted by Crippen LogP contribution is -2.45. The van der Waals surface area contributed by atoms with Crippen LogP contribution in [-0.2, 0) is 0 Å². The van der Waals surface area contributed by atoms with Gasteiger partial charge in [0, 0.05) is 18.2 Å². The summed E-state index contributed by atoms with van der Waals surface area (Å²) in [4.78, 5) is 30.8. The fraction of sp³-hybridized carbons (Fsp3) is 0.400. The third kappa shape index (κ3) is 6.49. The molecule has 2 aromatic rings. The Balaban J connectivity index is 2.42. The van der Waals surface area contributed by atoms with Gasteiger partial charge in [0.2, 0.25) is 0 Å². The molecule has 2 aromatic heterocycles. The van der Waals surface area contributed by atoms with Gasteiger partial charge in [-0.05, 0) is 32.3 Å². The molecule has 0 bridgehead atoms. The average molecular weight is 436 g/mol. The standard InChI is InChI=1S/C20H26F2N6O3/c1-9(2)5-16(11(4)25-20(30)31)27-19-15(22)7-13(17(23)29)18(28-19)26-12-6-14(21)10(3)24-8-12/h6-9,11,16,25H,5H2,1-4H3,(H2,23,29)(H,30,31)(H2,26,27,28)/t11-,16-/m0/s1. The SMILES string of the molecule is Cc1ncc(Nc2nc(N[C@@H](CC(C)C)[C@H](C)NC(=O)O)c(F)cc2C(N)=O)cc1F. The predicted octanol–water partition coefficient (Wildman–Crippen LogP) is 3.39. The molecule has 2 atom stereocenters. The molecule has 0 radical (unpaired) electrons. The fourth-order valence-electron chi connectivity index (χ4n) is 2.95. The minimum Gasteiger partial charge on any atom is -0.465 e. The van der Waals surface area contributed by atoms with E-state index in [0.29, 0.717) is 6.42 Å². The number of carboxylic acid groups (broad SMARTS) is 1. The molecule has 0 aliphatic rings. The van der Waals surface area contributed by atoms with E-state index in [1.165, 1.54) is 13.1 Å². The molecule has 0 fully saturated rings. The van der Waals surface area contributed by atoms with Crippen molar-refractivity contribution in [2.75, 3.05) is 10.6 Å². The molecule has 168 valence electrons. The highest BCUT2D eigenvalue weighted by Gasteiger charge is 2.24. The lowest BCUT2D eigenvalue weighted by molar-refractivity contribution is 0.100. The van der Waals surface area contributed by atoms with Gasteiger partial charge in [-0.1, -0.05) is 13.8 Å². The fourth-order valence-corrected chi connectivity index (χ4v) is 2.95. The molecule has 31 heavy (non-hydrogen) atoms. The zero-order chi connectivity index (χ0) is 23.3. The number of hydrogen-bond acceptors (Lipinski definition) is 6. The van der Waals surface area contributed by atoms with Crippen molar-refractivity contribution in [1.29, 1.82) is 0 Å². The molecule has 9 nitrogen and oxygen atoms in total. The third-order valence-corrected chi connectivity index (χ3v) is 4.53. The average Bonchev–Trinajstić information content (AvgIpc) is 2.65. The van der Waals surface area contributed by atoms with Crippen LogP contribution in [0.3, 0.4) is 0 Å². The summed E-state index contributed by atoms with van der Waals surface area (Å²) in [6.07, 6.45) is 0.634. The van der Waals surface area contributed by atoms with Crippen molar-refractivity contribution in [3.63, 3.8) is 0 Å². The molecule has 0 saturated heterocycles. The van der Waals surface area contributed by atoms with Crippen molar-refractivity contribution in [3.05, 3.63) is 41.2 Å². The topological polar surface area (TPSA) is 142 Å². The quantitative estimate of drug-likeness (QED) is 0.405. The lowest BCUT2D eigenvalue weighted by Gasteiger charge is -2.27. The Bertz CT molecular complexity index is 970. The first kappa shape index (κ1) is 23.8. The first-order valence-corrected chi connectivity index (χ1v) is 9.63. The van der Waals surface area contributed by atoms with E-state index < -0.39 is 35.7 Å². The molecule has 0 spiro atoms. The third-order valence-electron chi connectivity index (χ3n) is 4.53. The maximum atomic E-state index is 14.7. The Morgan fingerprint density at radius 2 is 1.84 bits per heavy atom. The molecule has 6 N–H and O–H groups in total. The molecule has 0 saturated carbocycles. The van der Waals surface area contributed by atoms with E-state index >= 15 is 0 Å². The highest BCUT2D eigenvalue weighted by molar-refractivity contribution is 5.98. The van der Waals surface area contributed by atoms with Gasteiger partial charge in [-0.15, -0.1) is 0 Å². The molecule has 0 aliphatic heterocycles. The summed E-state index contributed by atoms with van der Waals surface area (Å²) in [5.74, 6) is -2.48. The second-order valence-corrected chi connectivity index (χ2v) is 7.61. The Morgan fingerprint density at radius 3 is 2.39 bits per heavy atom. The Kier molecular flexibility index (Phi) is 7.67. The van der Waals surface area contributed by atoms with Crippen LogP contribution in [0.4, 0.5) is 30.9 Å². The summed E-state index contributed by atoms with van der Waals surface area (Å²) in [5.41, 5.74) is 5.48. The smallest absolute Gasteiger partial charge is 0.404 e. The zero-order valence-electron chi connectivity index (χ0n) is 17.7. The van der Waals surface area contributed by atoms with Gasteiger partial charge in [0.05, 0.1) is 23.1 Å². The van der Waals surface area contributed by atoms with Gasteiger partial charge in [0.25, 0.3) is 5.91 Å². The number of nitrogens with zero attached hydrogens (tertiary/aromatic N) is 2. The van der Waals surface area contributed by atoms with Crippen LogP contribution < -0.4 is 21.7 Å². The number of primary amides is 1. The molecule has 11 heteroatoms. The van der Waals surface area contributed by atoms with Crippen molar-refractivity contribution in [3.8, 4) is 0 Å². The van der Waals surface area contributed by atoms with Crippen molar-refractivity contribution in [2.24, 2.45) is 11.7 Å². The van der Waals surface area contributed by atoms with Gasteiger partial charge in [0.15, 0.2) is 11.6 Å². The van der Waals surface area contributed by atoms with Crippen LogP contribution in [0.2, 0.25) is 0 Å². The van der Waals surface area contributed by atoms with E-state index in [0.717, 1.165) is 12.1 Å². The molecule has 2 amide bonds. The van der Waals surface area contributed by atoms with Crippen molar-refractivity contribution < 1.29 is 23.5 Å². The minimum absolute atomic E-state index is 0.0939. The summed E-state index contributed by atoms with van der Waals surface area (Å²) in [5, 5.41) is 17.0. The van der Waals surface area contributed by atoms with Crippen LogP contribution >= 0.6 is 0 Å². The van der Waals surface area contributed by atoms with Crippen LogP contribution in [0, 0.1) is 24.5 Å². The first-order chi connectivity index (χ1) is 14.5. The highest BCUT2D eigenvalue weighted by Crippen LogP contribution is 2.25. The van der Waals surface area contributed by atoms with Crippen molar-refractivity contribution in [1.82, 2.24) is 15.3 Å². The lowest BCUT2D eigenvalue weighted by atomic mass is 9.98. The number of nitrogens with two attached hydrogens (primary N) is 1. The number of hydrogen-bond donors (Lipinski definition) is 5. The second kappa shape index (κ2) is 10.0. The Morgan fingerprint density at radius 1 is 1.16 bits per heavy atom. The van der Waals surface area contributed by atoms with Gasteiger partial charge in [0.1, 0.15) is 11.6 Å². The van der Waals surface area contributed by atoms with Crippen LogP contribution in [0.5, 0.6) is 0 Å². The molecule has 2 heterocycles. The largest absolute Gasteiger partial charge is 0.465 e. The van der Waals surface area contributed by atoms with Gasteiger partial charge in [-0.2, -0.15) is 0 Å². The van der Waals surface area contributed by atoms with E-state index in [1.54, 1.807) is 6.92 Å². The summed E-state index contributed by atoms with van der Waals surface area (Å²) >= 11 is 0. The van der Waals surface area contributed by atoms with Crippen molar-refractivity contribution in [2.45, 2.75) is 46.2 Å². The predicted molar refractivity (Wildman–Crippen MR) is 112 cm³/mol. The maximum Gasteiger partial charge on any atom is 0.404 e. The van der Waals surface area contributed by atoms with Gasteiger partial charge in [-0.3, -0.25) is 9.78 Å². The van der Waals surface area contributed by atoms with E-state index in [1.807, 2.05) is 13.8 Å². The van der Waals surface area contributed by atoms with Gasteiger partial charge >= 0.3 is 6.09 Å². The number of aromatic nitrogens is 2.